The van der Waals surface area contributed by atoms with Crippen molar-refractivity contribution in [3.8, 4) is 11.5 Å². The maximum absolute atomic E-state index is 13.5. The van der Waals surface area contributed by atoms with Crippen LogP contribution in [0, 0.1) is 0 Å². The monoisotopic (exact) mass is 493 g/mol. The number of likely N-dealkylation sites (tertiary alicyclic amines) is 1. The van der Waals surface area contributed by atoms with Crippen LogP contribution in [0.5, 0.6) is 11.5 Å². The number of nitrogens with zero attached hydrogens (tertiary/aromatic N) is 1. The molecule has 6 heteroatoms. The van der Waals surface area contributed by atoms with E-state index in [1.54, 1.807) is 26.4 Å². The molecule has 4 aromatic carbocycles. The Hall–Kier alpha value is -4.58. The molecule has 0 radical (unpaired) electrons. The molecule has 1 unspecified atom stereocenters. The summed E-state index contributed by atoms with van der Waals surface area (Å²) in [5.41, 5.74) is 2.20. The molecule has 1 aliphatic rings. The molecule has 1 amide bonds. The third kappa shape index (κ3) is 4.42. The molecule has 37 heavy (non-hydrogen) atoms. The van der Waals surface area contributed by atoms with E-state index in [9.17, 15) is 14.7 Å². The Balaban J connectivity index is 1.63. The molecular formula is C31H27NO5. The molecule has 1 heterocycles. The zero-order valence-electron chi connectivity index (χ0n) is 20.7. The number of ether oxygens (including phenoxy) is 2. The zero-order chi connectivity index (χ0) is 25.9. The first-order valence-corrected chi connectivity index (χ1v) is 12.1. The molecule has 0 aliphatic carbocycles. The lowest BCUT2D eigenvalue weighted by Crippen LogP contribution is -2.31. The van der Waals surface area contributed by atoms with Gasteiger partial charge in [-0.3, -0.25) is 9.59 Å². The van der Waals surface area contributed by atoms with Gasteiger partial charge in [-0.1, -0.05) is 72.8 Å². The summed E-state index contributed by atoms with van der Waals surface area (Å²) in [7, 11) is 3.16. The van der Waals surface area contributed by atoms with E-state index in [0.717, 1.165) is 22.1 Å². The number of ketones is 1. The molecule has 1 fully saturated rings. The van der Waals surface area contributed by atoms with E-state index in [2.05, 4.69) is 0 Å². The number of fused-ring (bicyclic) bond motifs is 1. The van der Waals surface area contributed by atoms with Gasteiger partial charge in [-0.2, -0.15) is 0 Å². The number of carbonyl (C=O) groups excluding carboxylic acids is 2. The summed E-state index contributed by atoms with van der Waals surface area (Å²) < 4.78 is 10.8. The van der Waals surface area contributed by atoms with E-state index in [0.29, 0.717) is 23.3 Å². The van der Waals surface area contributed by atoms with Crippen LogP contribution in [0.15, 0.2) is 96.6 Å². The number of rotatable bonds is 7. The van der Waals surface area contributed by atoms with E-state index in [-0.39, 0.29) is 17.9 Å². The second-order valence-electron chi connectivity index (χ2n) is 8.86. The summed E-state index contributed by atoms with van der Waals surface area (Å²) in [6.45, 7) is 0.284. The molecule has 0 saturated carbocycles. The van der Waals surface area contributed by atoms with Crippen LogP contribution in [-0.2, 0) is 16.0 Å². The van der Waals surface area contributed by atoms with Gasteiger partial charge in [0.15, 0.2) is 0 Å². The van der Waals surface area contributed by atoms with Gasteiger partial charge in [-0.25, -0.2) is 0 Å². The minimum absolute atomic E-state index is 0.0561. The summed E-state index contributed by atoms with van der Waals surface area (Å²) in [5.74, 6) is -0.277. The van der Waals surface area contributed by atoms with Gasteiger partial charge in [0.05, 0.1) is 25.8 Å². The predicted molar refractivity (Wildman–Crippen MR) is 143 cm³/mol. The van der Waals surface area contributed by atoms with Crippen molar-refractivity contribution in [3.05, 3.63) is 113 Å². The van der Waals surface area contributed by atoms with Crippen LogP contribution in [0.1, 0.15) is 22.7 Å². The second kappa shape index (κ2) is 10.2. The SMILES string of the molecule is COc1ccc(CCN2C(=O)C(=O)/C(=C(/O)c3cccc4ccccc34)C2c2ccccc2OC)cc1. The lowest BCUT2D eigenvalue weighted by atomic mass is 9.93. The van der Waals surface area contributed by atoms with Crippen molar-refractivity contribution >= 4 is 28.2 Å². The molecule has 1 saturated heterocycles. The largest absolute Gasteiger partial charge is 0.507 e. The van der Waals surface area contributed by atoms with Gasteiger partial charge in [0.25, 0.3) is 11.7 Å². The highest BCUT2D eigenvalue weighted by atomic mass is 16.5. The van der Waals surface area contributed by atoms with Gasteiger partial charge in [-0.05, 0) is 41.0 Å². The first kappa shape index (κ1) is 24.1. The van der Waals surface area contributed by atoms with Gasteiger partial charge >= 0.3 is 0 Å². The van der Waals surface area contributed by atoms with E-state index in [1.807, 2.05) is 78.9 Å². The minimum Gasteiger partial charge on any atom is -0.507 e. The van der Waals surface area contributed by atoms with Crippen molar-refractivity contribution in [2.75, 3.05) is 20.8 Å². The number of hydrogen-bond donors (Lipinski definition) is 1. The van der Waals surface area contributed by atoms with Crippen LogP contribution in [0.25, 0.3) is 16.5 Å². The Labute approximate surface area is 215 Å². The number of aliphatic hydroxyl groups excluding tert-OH is 1. The number of hydrogen-bond acceptors (Lipinski definition) is 5. The minimum atomic E-state index is -0.798. The van der Waals surface area contributed by atoms with Crippen LogP contribution in [0.4, 0.5) is 0 Å². The molecule has 0 bridgehead atoms. The third-order valence-corrected chi connectivity index (χ3v) is 6.82. The Morgan fingerprint density at radius 3 is 2.30 bits per heavy atom. The molecular weight excluding hydrogens is 466 g/mol. The summed E-state index contributed by atoms with van der Waals surface area (Å²) in [4.78, 5) is 28.4. The Bertz CT molecular complexity index is 1500. The average molecular weight is 494 g/mol. The highest BCUT2D eigenvalue weighted by Crippen LogP contribution is 2.43. The Morgan fingerprint density at radius 1 is 0.838 bits per heavy atom. The Kier molecular flexibility index (Phi) is 6.64. The molecule has 5 rings (SSSR count). The van der Waals surface area contributed by atoms with Crippen molar-refractivity contribution in [2.45, 2.75) is 12.5 Å². The third-order valence-electron chi connectivity index (χ3n) is 6.82. The maximum Gasteiger partial charge on any atom is 0.295 e. The van der Waals surface area contributed by atoms with Gasteiger partial charge in [0.1, 0.15) is 17.3 Å². The van der Waals surface area contributed by atoms with Gasteiger partial charge in [0, 0.05) is 17.7 Å². The second-order valence-corrected chi connectivity index (χ2v) is 8.86. The van der Waals surface area contributed by atoms with Gasteiger partial charge in [-0.15, -0.1) is 0 Å². The van der Waals surface area contributed by atoms with Crippen molar-refractivity contribution in [3.63, 3.8) is 0 Å². The van der Waals surface area contributed by atoms with Crippen LogP contribution < -0.4 is 9.47 Å². The highest BCUT2D eigenvalue weighted by molar-refractivity contribution is 6.46. The number of Topliss-reactive ketones (excluding diaryl/α,β-unsaturated/α-hetero) is 1. The Morgan fingerprint density at radius 2 is 1.54 bits per heavy atom. The molecule has 1 N–H and O–H groups in total. The molecule has 0 aromatic heterocycles. The van der Waals surface area contributed by atoms with Gasteiger partial charge < -0.3 is 19.5 Å². The topological polar surface area (TPSA) is 76.1 Å². The first-order valence-electron chi connectivity index (χ1n) is 12.1. The van der Waals surface area contributed by atoms with E-state index < -0.39 is 17.7 Å². The van der Waals surface area contributed by atoms with E-state index in [1.165, 1.54) is 4.90 Å². The first-order chi connectivity index (χ1) is 18.0. The quantitative estimate of drug-likeness (QED) is 0.208. The maximum atomic E-state index is 13.5. The molecule has 186 valence electrons. The van der Waals surface area contributed by atoms with E-state index in [4.69, 9.17) is 9.47 Å². The van der Waals surface area contributed by atoms with Crippen molar-refractivity contribution in [1.82, 2.24) is 4.90 Å². The molecule has 1 aliphatic heterocycles. The normalized spacial score (nSPS) is 16.8. The standard InChI is InChI=1S/C31H27NO5/c1-36-22-16-14-20(15-17-22)18-19-32-28(25-11-5-6-13-26(25)37-2)27(30(34)31(32)35)29(33)24-12-7-9-21-8-3-4-10-23(21)24/h3-17,28,33H,18-19H2,1-2H3/b29-27+. The molecule has 0 spiro atoms. The highest BCUT2D eigenvalue weighted by Gasteiger charge is 2.46. The zero-order valence-corrected chi connectivity index (χ0v) is 20.7. The predicted octanol–water partition coefficient (Wildman–Crippen LogP) is 5.52. The number of aliphatic hydroxyl groups is 1. The number of methoxy groups -OCH3 is 2. The van der Waals surface area contributed by atoms with Crippen LogP contribution in [-0.4, -0.2) is 42.5 Å². The molecule has 4 aromatic rings. The summed E-state index contributed by atoms with van der Waals surface area (Å²) in [5, 5.41) is 13.3. The number of carbonyl (C=O) groups is 2. The number of benzene rings is 4. The van der Waals surface area contributed by atoms with Crippen LogP contribution in [0.2, 0.25) is 0 Å². The average Bonchev–Trinajstić information content (AvgIpc) is 3.20. The van der Waals surface area contributed by atoms with Crippen LogP contribution >= 0.6 is 0 Å². The molecule has 6 nitrogen and oxygen atoms in total. The summed E-state index contributed by atoms with van der Waals surface area (Å²) >= 11 is 0. The van der Waals surface area contributed by atoms with Crippen molar-refractivity contribution in [1.29, 1.82) is 0 Å². The van der Waals surface area contributed by atoms with Crippen molar-refractivity contribution in [2.24, 2.45) is 0 Å². The lowest BCUT2D eigenvalue weighted by molar-refractivity contribution is -0.139. The fourth-order valence-electron chi connectivity index (χ4n) is 4.95. The summed E-state index contributed by atoms with van der Waals surface area (Å²) in [6, 6.07) is 27.2. The van der Waals surface area contributed by atoms with E-state index >= 15 is 0 Å². The van der Waals surface area contributed by atoms with Crippen LogP contribution in [0.3, 0.4) is 0 Å². The fourth-order valence-corrected chi connectivity index (χ4v) is 4.95. The van der Waals surface area contributed by atoms with Crippen molar-refractivity contribution < 1.29 is 24.2 Å². The molecule has 1 atom stereocenters. The van der Waals surface area contributed by atoms with Gasteiger partial charge in [0.2, 0.25) is 0 Å². The number of amides is 1. The lowest BCUT2D eigenvalue weighted by Gasteiger charge is -2.26. The smallest absolute Gasteiger partial charge is 0.295 e. The number of para-hydroxylation sites is 1. The summed E-state index contributed by atoms with van der Waals surface area (Å²) in [6.07, 6.45) is 0.525. The fraction of sp³-hybridized carbons (Fsp3) is 0.161.